The molecule has 3 rings (SSSR count). The monoisotopic (exact) mass is 530 g/mol. The molecular weight excluding hydrogens is 496 g/mol. The van der Waals surface area contributed by atoms with Crippen LogP contribution in [0.1, 0.15) is 50.3 Å². The zero-order valence-corrected chi connectivity index (χ0v) is 22.5. The highest BCUT2D eigenvalue weighted by molar-refractivity contribution is 5.91. The first-order valence-corrected chi connectivity index (χ1v) is 12.8. The predicted molar refractivity (Wildman–Crippen MR) is 149 cm³/mol. The number of carbonyl (C=O) groups excluding carboxylic acids is 2. The predicted octanol–water partition coefficient (Wildman–Crippen LogP) is 5.42. The number of aryl methyl sites for hydroxylation is 1. The summed E-state index contributed by atoms with van der Waals surface area (Å²) in [7, 11) is 0. The largest absolute Gasteiger partial charge is 0.480 e. The van der Waals surface area contributed by atoms with Gasteiger partial charge in [-0.05, 0) is 61.6 Å². The Morgan fingerprint density at radius 2 is 1.62 bits per heavy atom. The molecule has 8 heteroatoms. The number of alkyl carbamates (subject to hydrolysis) is 2. The van der Waals surface area contributed by atoms with Crippen LogP contribution in [0.25, 0.3) is 10.8 Å². The van der Waals surface area contributed by atoms with Gasteiger partial charge in [0.25, 0.3) is 0 Å². The Balaban J connectivity index is 1.57. The molecule has 8 nitrogen and oxygen atoms in total. The Kier molecular flexibility index (Phi) is 10.3. The van der Waals surface area contributed by atoms with Crippen molar-refractivity contribution < 1.29 is 29.0 Å². The summed E-state index contributed by atoms with van der Waals surface area (Å²) in [5.41, 5.74) is 1.99. The summed E-state index contributed by atoms with van der Waals surface area (Å²) in [6.45, 7) is 5.72. The van der Waals surface area contributed by atoms with E-state index in [-0.39, 0.29) is 13.0 Å². The molecule has 0 aliphatic rings. The lowest BCUT2D eigenvalue weighted by Gasteiger charge is -2.22. The van der Waals surface area contributed by atoms with Crippen LogP contribution in [0.15, 0.2) is 66.7 Å². The van der Waals surface area contributed by atoms with E-state index in [0.717, 1.165) is 27.5 Å². The molecule has 0 bridgehead atoms. The molecule has 0 fully saturated rings. The summed E-state index contributed by atoms with van der Waals surface area (Å²) in [5, 5.41) is 16.6. The van der Waals surface area contributed by atoms with Crippen LogP contribution in [0.2, 0.25) is 0 Å². The Morgan fingerprint density at radius 3 is 2.31 bits per heavy atom. The molecule has 0 saturated carbocycles. The highest BCUT2D eigenvalue weighted by atomic mass is 16.6. The molecule has 0 aliphatic heterocycles. The third-order valence-corrected chi connectivity index (χ3v) is 5.66. The molecule has 3 aromatic carbocycles. The second-order valence-corrected chi connectivity index (χ2v) is 9.93. The van der Waals surface area contributed by atoms with Gasteiger partial charge in [0.05, 0.1) is 0 Å². The fraction of sp³-hybridized carbons (Fsp3) is 0.323. The van der Waals surface area contributed by atoms with Crippen molar-refractivity contribution >= 4 is 28.9 Å². The molecule has 0 saturated heterocycles. The fourth-order valence-corrected chi connectivity index (χ4v) is 3.85. The number of carboxylic acids is 1. The van der Waals surface area contributed by atoms with E-state index in [1.165, 1.54) is 0 Å². The fourth-order valence-electron chi connectivity index (χ4n) is 3.85. The number of carboxylic acid groups (broad SMARTS) is 1. The Bertz CT molecular complexity index is 1350. The normalized spacial score (nSPS) is 11.6. The average molecular weight is 531 g/mol. The summed E-state index contributed by atoms with van der Waals surface area (Å²) >= 11 is 0. The SMILES string of the molecule is CC(C)(C)OC(=O)N[C@@H](CCc1ccc(C#CCCNC(=O)OCc2ccccc2)c2ccccc12)C(=O)O. The van der Waals surface area contributed by atoms with Crippen LogP contribution < -0.4 is 10.6 Å². The molecule has 0 aromatic heterocycles. The molecule has 3 N–H and O–H groups in total. The van der Waals surface area contributed by atoms with Crippen molar-refractivity contribution in [2.75, 3.05) is 6.54 Å². The Hall–Kier alpha value is -4.51. The summed E-state index contributed by atoms with van der Waals surface area (Å²) in [4.78, 5) is 35.7. The summed E-state index contributed by atoms with van der Waals surface area (Å²) in [6, 6.07) is 20.0. The highest BCUT2D eigenvalue weighted by Gasteiger charge is 2.24. The van der Waals surface area contributed by atoms with E-state index in [9.17, 15) is 19.5 Å². The van der Waals surface area contributed by atoms with Crippen molar-refractivity contribution in [1.82, 2.24) is 10.6 Å². The van der Waals surface area contributed by atoms with Crippen LogP contribution >= 0.6 is 0 Å². The lowest BCUT2D eigenvalue weighted by atomic mass is 9.95. The Labute approximate surface area is 228 Å². The van der Waals surface area contributed by atoms with Gasteiger partial charge >= 0.3 is 18.2 Å². The summed E-state index contributed by atoms with van der Waals surface area (Å²) in [5.74, 6) is 5.14. The van der Waals surface area contributed by atoms with Crippen LogP contribution in [0, 0.1) is 11.8 Å². The van der Waals surface area contributed by atoms with E-state index in [1.54, 1.807) is 20.8 Å². The number of benzene rings is 3. The van der Waals surface area contributed by atoms with Gasteiger partial charge in [-0.1, -0.05) is 72.5 Å². The van der Waals surface area contributed by atoms with E-state index in [4.69, 9.17) is 9.47 Å². The first-order valence-electron chi connectivity index (χ1n) is 12.8. The van der Waals surface area contributed by atoms with E-state index in [1.807, 2.05) is 66.7 Å². The van der Waals surface area contributed by atoms with Gasteiger partial charge in [0.1, 0.15) is 18.2 Å². The molecule has 39 heavy (non-hydrogen) atoms. The molecule has 0 spiro atoms. The van der Waals surface area contributed by atoms with Gasteiger partial charge in [-0.15, -0.1) is 0 Å². The van der Waals surface area contributed by atoms with Gasteiger partial charge in [0, 0.05) is 18.5 Å². The van der Waals surface area contributed by atoms with E-state index in [0.29, 0.717) is 19.4 Å². The number of rotatable bonds is 9. The topological polar surface area (TPSA) is 114 Å². The Morgan fingerprint density at radius 1 is 0.923 bits per heavy atom. The minimum absolute atomic E-state index is 0.204. The first kappa shape index (κ1) is 29.1. The van der Waals surface area contributed by atoms with Gasteiger partial charge in [0.15, 0.2) is 0 Å². The van der Waals surface area contributed by atoms with Gasteiger partial charge in [0.2, 0.25) is 0 Å². The van der Waals surface area contributed by atoms with Crippen molar-refractivity contribution in [1.29, 1.82) is 0 Å². The highest BCUT2D eigenvalue weighted by Crippen LogP contribution is 2.24. The molecule has 0 unspecified atom stereocenters. The molecular formula is C31H34N2O6. The van der Waals surface area contributed by atoms with Crippen molar-refractivity contribution in [3.8, 4) is 11.8 Å². The number of aliphatic carboxylic acids is 1. The van der Waals surface area contributed by atoms with Crippen molar-refractivity contribution in [3.63, 3.8) is 0 Å². The minimum Gasteiger partial charge on any atom is -0.480 e. The van der Waals surface area contributed by atoms with Gasteiger partial charge in [-0.3, -0.25) is 0 Å². The number of nitrogens with one attached hydrogen (secondary N) is 2. The maximum atomic E-state index is 12.1. The van der Waals surface area contributed by atoms with Gasteiger partial charge in [-0.25, -0.2) is 14.4 Å². The molecule has 1 atom stereocenters. The van der Waals surface area contributed by atoms with E-state index in [2.05, 4.69) is 22.5 Å². The van der Waals surface area contributed by atoms with Gasteiger partial charge < -0.3 is 25.2 Å². The standard InChI is InChI=1S/C31H34N2O6/c1-31(2,3)39-30(37)33-27(28(34)35)19-18-24-17-16-23(25-14-7-8-15-26(24)25)13-9-10-20-32-29(36)38-21-22-11-5-4-6-12-22/h4-8,11-12,14-17,27H,10,18-21H2,1-3H3,(H,32,36)(H,33,37)(H,34,35)/t27-/m0/s1. The van der Waals surface area contributed by atoms with Crippen LogP contribution in [-0.4, -0.2) is 41.4 Å². The van der Waals surface area contributed by atoms with E-state index >= 15 is 0 Å². The number of carbonyl (C=O) groups is 3. The van der Waals surface area contributed by atoms with Crippen LogP contribution in [0.5, 0.6) is 0 Å². The van der Waals surface area contributed by atoms with Crippen molar-refractivity contribution in [2.24, 2.45) is 0 Å². The first-order chi connectivity index (χ1) is 18.6. The molecule has 0 heterocycles. The second-order valence-electron chi connectivity index (χ2n) is 9.93. The molecule has 3 aromatic rings. The lowest BCUT2D eigenvalue weighted by Crippen LogP contribution is -2.43. The molecule has 2 amide bonds. The lowest BCUT2D eigenvalue weighted by molar-refractivity contribution is -0.139. The zero-order chi connectivity index (χ0) is 28.3. The van der Waals surface area contributed by atoms with Gasteiger partial charge in [-0.2, -0.15) is 0 Å². The quantitative estimate of drug-likeness (QED) is 0.252. The van der Waals surface area contributed by atoms with Crippen LogP contribution in [0.3, 0.4) is 0 Å². The number of ether oxygens (including phenoxy) is 2. The number of fused-ring (bicyclic) bond motifs is 1. The summed E-state index contributed by atoms with van der Waals surface area (Å²) in [6.07, 6.45) is -0.153. The number of hydrogen-bond acceptors (Lipinski definition) is 5. The third-order valence-electron chi connectivity index (χ3n) is 5.66. The molecule has 204 valence electrons. The van der Waals surface area contributed by atoms with Crippen molar-refractivity contribution in [3.05, 3.63) is 83.4 Å². The second kappa shape index (κ2) is 13.9. The van der Waals surface area contributed by atoms with E-state index < -0.39 is 29.8 Å². The number of amides is 2. The molecule has 0 aliphatic carbocycles. The zero-order valence-electron chi connectivity index (χ0n) is 22.5. The number of hydrogen-bond donors (Lipinski definition) is 3. The summed E-state index contributed by atoms with van der Waals surface area (Å²) < 4.78 is 10.4. The molecule has 0 radical (unpaired) electrons. The minimum atomic E-state index is -1.12. The smallest absolute Gasteiger partial charge is 0.408 e. The maximum absolute atomic E-state index is 12.1. The third kappa shape index (κ3) is 9.71. The average Bonchev–Trinajstić information content (AvgIpc) is 2.89. The van der Waals surface area contributed by atoms with Crippen LogP contribution in [0.4, 0.5) is 9.59 Å². The van der Waals surface area contributed by atoms with Crippen molar-refractivity contribution in [2.45, 2.75) is 58.3 Å². The van der Waals surface area contributed by atoms with Crippen LogP contribution in [-0.2, 0) is 27.3 Å². The maximum Gasteiger partial charge on any atom is 0.408 e.